The number of ether oxygens (including phenoxy) is 2. The number of benzene rings is 3. The average Bonchev–Trinajstić information content (AvgIpc) is 3.32. The van der Waals surface area contributed by atoms with E-state index in [1.165, 1.54) is 12.0 Å². The number of para-hydroxylation sites is 1. The zero-order valence-corrected chi connectivity index (χ0v) is 28.8. The third-order valence-electron chi connectivity index (χ3n) is 9.43. The van der Waals surface area contributed by atoms with E-state index in [9.17, 15) is 19.7 Å². The Morgan fingerprint density at radius 1 is 1.06 bits per heavy atom. The number of phenolic OH excluding ortho intramolecular Hbond substituents is 1. The molecule has 2 fully saturated rings. The summed E-state index contributed by atoms with van der Waals surface area (Å²) in [6.45, 7) is 2.64. The number of phenols is 1. The maximum Gasteiger partial charge on any atom is 0.455 e. The minimum atomic E-state index is -1.06. The molecule has 47 heavy (non-hydrogen) atoms. The third kappa shape index (κ3) is 7.00. The summed E-state index contributed by atoms with van der Waals surface area (Å²) in [5.74, 6) is -0.326. The Morgan fingerprint density at radius 3 is 2.49 bits per heavy atom. The van der Waals surface area contributed by atoms with Crippen LogP contribution < -0.4 is 9.47 Å². The van der Waals surface area contributed by atoms with Gasteiger partial charge in [0, 0.05) is 6.54 Å². The molecular formula is C37H39BINO7. The second-order valence-electron chi connectivity index (χ2n) is 12.4. The van der Waals surface area contributed by atoms with Gasteiger partial charge in [0.15, 0.2) is 11.5 Å². The van der Waals surface area contributed by atoms with Crippen LogP contribution in [0.25, 0.3) is 11.6 Å². The highest BCUT2D eigenvalue weighted by atomic mass is 127. The molecule has 244 valence electrons. The molecule has 2 amide bonds. The molecule has 0 aromatic heterocycles. The first-order chi connectivity index (χ1) is 22.8. The van der Waals surface area contributed by atoms with Gasteiger partial charge in [0.1, 0.15) is 12.4 Å². The van der Waals surface area contributed by atoms with Crippen LogP contribution in [0.3, 0.4) is 0 Å². The highest BCUT2D eigenvalue weighted by molar-refractivity contribution is 14.1. The molecule has 2 heterocycles. The number of hydrogen-bond donors (Lipinski definition) is 2. The van der Waals surface area contributed by atoms with Gasteiger partial charge in [0.2, 0.25) is 11.8 Å². The number of imide groups is 1. The van der Waals surface area contributed by atoms with Crippen molar-refractivity contribution in [1.29, 1.82) is 0 Å². The van der Waals surface area contributed by atoms with Gasteiger partial charge < -0.3 is 24.3 Å². The number of allylic oxidation sites excluding steroid dienone is 1. The summed E-state index contributed by atoms with van der Waals surface area (Å²) in [6, 6.07) is 23.4. The van der Waals surface area contributed by atoms with Crippen molar-refractivity contribution in [1.82, 2.24) is 4.90 Å². The summed E-state index contributed by atoms with van der Waals surface area (Å²) >= 11 is 2.10. The second-order valence-corrected chi connectivity index (χ2v) is 13.5. The van der Waals surface area contributed by atoms with E-state index in [4.69, 9.17) is 14.1 Å². The molecule has 1 aliphatic carbocycles. The Hall–Kier alpha value is -3.61. The van der Waals surface area contributed by atoms with E-state index in [1.807, 2.05) is 67.6 Å². The van der Waals surface area contributed by atoms with E-state index < -0.39 is 25.1 Å². The van der Waals surface area contributed by atoms with Crippen LogP contribution in [0.15, 0.2) is 83.9 Å². The highest BCUT2D eigenvalue weighted by Crippen LogP contribution is 2.51. The van der Waals surface area contributed by atoms with Crippen molar-refractivity contribution in [3.8, 4) is 17.2 Å². The van der Waals surface area contributed by atoms with Crippen LogP contribution in [0.5, 0.6) is 17.2 Å². The fourth-order valence-electron chi connectivity index (χ4n) is 7.37. The Labute approximate surface area is 289 Å². The van der Waals surface area contributed by atoms with E-state index in [2.05, 4.69) is 40.8 Å². The second kappa shape index (κ2) is 14.7. The van der Waals surface area contributed by atoms with Crippen molar-refractivity contribution in [2.45, 2.75) is 45.0 Å². The predicted octanol–water partition coefficient (Wildman–Crippen LogP) is 6.61. The molecule has 0 spiro atoms. The zero-order chi connectivity index (χ0) is 33.1. The molecular weight excluding hydrogens is 708 g/mol. The molecule has 3 aromatic carbocycles. The molecule has 0 unspecified atom stereocenters. The lowest BCUT2D eigenvalue weighted by Crippen LogP contribution is -2.46. The number of carbonyl (C=O) groups is 2. The molecule has 6 rings (SSSR count). The maximum absolute atomic E-state index is 13.7. The summed E-state index contributed by atoms with van der Waals surface area (Å²) in [5, 5.41) is 21.5. The molecule has 0 bridgehead atoms. The molecule has 10 heteroatoms. The third-order valence-corrected chi connectivity index (χ3v) is 10.3. The molecule has 0 saturated carbocycles. The summed E-state index contributed by atoms with van der Waals surface area (Å²) in [6.07, 6.45) is 4.15. The fraction of sp³-hybridized carbons (Fsp3) is 0.351. The lowest BCUT2D eigenvalue weighted by atomic mass is 9.58. The lowest BCUT2D eigenvalue weighted by Gasteiger charge is -2.43. The quantitative estimate of drug-likeness (QED) is 0.0748. The van der Waals surface area contributed by atoms with Crippen LogP contribution >= 0.6 is 22.6 Å². The number of halogens is 1. The first kappa shape index (κ1) is 33.3. The van der Waals surface area contributed by atoms with Crippen LogP contribution in [0.2, 0.25) is 6.32 Å². The number of fused-ring (bicyclic) bond motifs is 3. The summed E-state index contributed by atoms with van der Waals surface area (Å²) < 4.78 is 18.6. The van der Waals surface area contributed by atoms with Crippen LogP contribution in [0.4, 0.5) is 0 Å². The highest BCUT2D eigenvalue weighted by Gasteiger charge is 2.57. The number of amides is 2. The topological polar surface area (TPSA) is 106 Å². The van der Waals surface area contributed by atoms with E-state index >= 15 is 0 Å². The van der Waals surface area contributed by atoms with E-state index in [0.29, 0.717) is 41.5 Å². The molecule has 2 N–H and O–H groups in total. The monoisotopic (exact) mass is 747 g/mol. The Kier molecular flexibility index (Phi) is 10.4. The van der Waals surface area contributed by atoms with Gasteiger partial charge in [0.05, 0.1) is 28.6 Å². The van der Waals surface area contributed by atoms with Gasteiger partial charge in [-0.25, -0.2) is 0 Å². The number of hydrogen-bond acceptors (Lipinski definition) is 7. The van der Waals surface area contributed by atoms with Gasteiger partial charge in [-0.1, -0.05) is 61.5 Å². The number of methoxy groups -OCH3 is 1. The zero-order valence-electron chi connectivity index (χ0n) is 26.6. The standard InChI is InChI=1S/C37H39BINO7/c1-3-16-40-36(42)28-20-26(22-46-27-12-8-5-9-13-27)33-29(34(28)37(40)43)21-38(44)47-31(33)15-14-25(24-10-6-4-7-11-24)17-23-18-30(39)35(41)32(19-23)45-2/h4-13,17-19,28-29,31,34,41,44H,3,14-16,20-22H2,1-2H3/b25-17-/t28-,29+,31-,34-/m1/s1. The smallest absolute Gasteiger partial charge is 0.455 e. The van der Waals surface area contributed by atoms with Gasteiger partial charge in [-0.2, -0.15) is 0 Å². The Morgan fingerprint density at radius 2 is 1.79 bits per heavy atom. The lowest BCUT2D eigenvalue weighted by molar-refractivity contribution is -0.140. The van der Waals surface area contributed by atoms with Gasteiger partial charge in [-0.3, -0.25) is 14.5 Å². The van der Waals surface area contributed by atoms with Crippen molar-refractivity contribution >= 4 is 53.2 Å². The van der Waals surface area contributed by atoms with Gasteiger partial charge in [-0.15, -0.1) is 0 Å². The normalized spacial score (nSPS) is 22.8. The summed E-state index contributed by atoms with van der Waals surface area (Å²) in [5.41, 5.74) is 4.93. The first-order valence-electron chi connectivity index (χ1n) is 16.2. The summed E-state index contributed by atoms with van der Waals surface area (Å²) in [7, 11) is 0.476. The van der Waals surface area contributed by atoms with Crippen molar-refractivity contribution in [3.63, 3.8) is 0 Å². The fourth-order valence-corrected chi connectivity index (χ4v) is 7.99. The van der Waals surface area contributed by atoms with Crippen molar-refractivity contribution < 1.29 is 33.8 Å². The van der Waals surface area contributed by atoms with E-state index in [-0.39, 0.29) is 36.4 Å². The van der Waals surface area contributed by atoms with Gasteiger partial charge in [0.25, 0.3) is 0 Å². The molecule has 3 aliphatic rings. The number of nitrogens with zero attached hydrogens (tertiary/aromatic N) is 1. The Bertz CT molecular complexity index is 1680. The van der Waals surface area contributed by atoms with Crippen LogP contribution in [0, 0.1) is 21.3 Å². The molecule has 8 nitrogen and oxygen atoms in total. The molecule has 4 atom stereocenters. The van der Waals surface area contributed by atoms with Crippen LogP contribution in [-0.2, 0) is 14.2 Å². The van der Waals surface area contributed by atoms with Crippen LogP contribution in [-0.4, -0.2) is 60.3 Å². The van der Waals surface area contributed by atoms with Crippen molar-refractivity contribution in [2.24, 2.45) is 17.8 Å². The minimum Gasteiger partial charge on any atom is -0.504 e. The average molecular weight is 747 g/mol. The predicted molar refractivity (Wildman–Crippen MR) is 190 cm³/mol. The molecule has 0 radical (unpaired) electrons. The minimum absolute atomic E-state index is 0.104. The molecule has 2 saturated heterocycles. The molecule has 2 aliphatic heterocycles. The van der Waals surface area contributed by atoms with Crippen molar-refractivity contribution in [3.05, 3.63) is 98.6 Å². The number of rotatable bonds is 11. The number of carbonyl (C=O) groups excluding carboxylic acids is 2. The largest absolute Gasteiger partial charge is 0.504 e. The van der Waals surface area contributed by atoms with Gasteiger partial charge >= 0.3 is 7.12 Å². The molecule has 3 aromatic rings. The van der Waals surface area contributed by atoms with Crippen LogP contribution in [0.1, 0.15) is 43.7 Å². The van der Waals surface area contributed by atoms with E-state index in [1.54, 1.807) is 0 Å². The maximum atomic E-state index is 13.7. The number of aromatic hydroxyl groups is 1. The first-order valence-corrected chi connectivity index (χ1v) is 17.3. The van der Waals surface area contributed by atoms with Crippen molar-refractivity contribution in [2.75, 3.05) is 20.3 Å². The number of likely N-dealkylation sites (tertiary alicyclic amines) is 1. The SMILES string of the molecule is CCCN1C(=O)[C@@H]2[C@@H](CC(COc3ccccc3)=C3[C@@H](CC/C(=C/c4cc(I)c(O)c(OC)c4)c4ccccc4)OB(O)C[C@@H]32)C1=O. The Balaban J connectivity index is 1.36. The van der Waals surface area contributed by atoms with Gasteiger partial charge in [-0.05, 0) is 113 Å². The van der Waals surface area contributed by atoms with E-state index in [0.717, 1.165) is 33.6 Å². The summed E-state index contributed by atoms with van der Waals surface area (Å²) in [4.78, 5) is 28.7.